The number of hydrogen-bond donors (Lipinski definition) is 2. The van der Waals surface area contributed by atoms with Crippen molar-refractivity contribution in [1.82, 2.24) is 9.97 Å². The van der Waals surface area contributed by atoms with Gasteiger partial charge in [0.1, 0.15) is 0 Å². The van der Waals surface area contributed by atoms with Crippen molar-refractivity contribution in [2.75, 3.05) is 16.9 Å². The summed E-state index contributed by atoms with van der Waals surface area (Å²) in [4.78, 5) is 21.1. The Balaban J connectivity index is 1.83. The molecule has 136 valence electrons. The van der Waals surface area contributed by atoms with Gasteiger partial charge in [-0.2, -0.15) is 0 Å². The van der Waals surface area contributed by atoms with Crippen LogP contribution in [0.3, 0.4) is 0 Å². The van der Waals surface area contributed by atoms with Crippen molar-refractivity contribution in [1.29, 1.82) is 0 Å². The zero-order chi connectivity index (χ0) is 18.9. The van der Waals surface area contributed by atoms with Crippen molar-refractivity contribution in [2.24, 2.45) is 0 Å². The van der Waals surface area contributed by atoms with Crippen LogP contribution in [0.25, 0.3) is 10.6 Å². The number of amides is 1. The number of nitrogens with zero attached hydrogens (tertiary/aromatic N) is 2. The van der Waals surface area contributed by atoms with E-state index in [-0.39, 0.29) is 10.8 Å². The second kappa shape index (κ2) is 7.14. The first-order chi connectivity index (χ1) is 12.2. The summed E-state index contributed by atoms with van der Waals surface area (Å²) in [5.41, 5.74) is 2.19. The zero-order valence-corrected chi connectivity index (χ0v) is 16.7. The van der Waals surface area contributed by atoms with E-state index < -0.39 is 9.84 Å². The summed E-state index contributed by atoms with van der Waals surface area (Å²) in [6.07, 6.45) is 1.17. The summed E-state index contributed by atoms with van der Waals surface area (Å²) in [7, 11) is -3.27. The molecule has 0 saturated carbocycles. The summed E-state index contributed by atoms with van der Waals surface area (Å²) in [6, 6.07) is 6.59. The molecule has 10 heteroatoms. The van der Waals surface area contributed by atoms with Gasteiger partial charge < -0.3 is 10.6 Å². The van der Waals surface area contributed by atoms with Gasteiger partial charge in [0.25, 0.3) is 0 Å². The number of sulfone groups is 1. The fourth-order valence-electron chi connectivity index (χ4n) is 2.20. The Morgan fingerprint density at radius 3 is 2.65 bits per heavy atom. The standard InChI is InChI=1S/C16H16N4O3S3/c1-9-14(25-16(17-9)18-10(2)21)13-8-24-15(20-13)19-11-5-4-6-12(7-11)26(3,22)23/h4-8H,1-3H3,(H,19,20)(H,17,18,21). The molecule has 0 spiro atoms. The van der Waals surface area contributed by atoms with Gasteiger partial charge in [-0.05, 0) is 25.1 Å². The lowest BCUT2D eigenvalue weighted by Gasteiger charge is -2.04. The highest BCUT2D eigenvalue weighted by Gasteiger charge is 2.14. The quantitative estimate of drug-likeness (QED) is 0.668. The molecule has 26 heavy (non-hydrogen) atoms. The summed E-state index contributed by atoms with van der Waals surface area (Å²) in [5.74, 6) is -0.170. The van der Waals surface area contributed by atoms with Gasteiger partial charge in [0.15, 0.2) is 20.1 Å². The Hall–Kier alpha value is -2.30. The summed E-state index contributed by atoms with van der Waals surface area (Å²) in [6.45, 7) is 3.30. The van der Waals surface area contributed by atoms with Crippen molar-refractivity contribution < 1.29 is 13.2 Å². The van der Waals surface area contributed by atoms with Crippen molar-refractivity contribution >= 4 is 54.4 Å². The maximum atomic E-state index is 11.7. The number of nitrogens with one attached hydrogen (secondary N) is 2. The van der Waals surface area contributed by atoms with E-state index >= 15 is 0 Å². The molecular weight excluding hydrogens is 392 g/mol. The Labute approximate surface area is 159 Å². The predicted molar refractivity (Wildman–Crippen MR) is 105 cm³/mol. The van der Waals surface area contributed by atoms with Crippen molar-refractivity contribution in [3.05, 3.63) is 35.3 Å². The van der Waals surface area contributed by atoms with Crippen LogP contribution in [0, 0.1) is 6.92 Å². The third-order valence-electron chi connectivity index (χ3n) is 3.33. The van der Waals surface area contributed by atoms with Crippen LogP contribution >= 0.6 is 22.7 Å². The number of thiazole rings is 2. The maximum absolute atomic E-state index is 11.7. The molecule has 0 aliphatic heterocycles. The number of carbonyl (C=O) groups is 1. The Morgan fingerprint density at radius 2 is 1.96 bits per heavy atom. The molecular formula is C16H16N4O3S3. The maximum Gasteiger partial charge on any atom is 0.223 e. The first kappa shape index (κ1) is 18.5. The minimum Gasteiger partial charge on any atom is -0.331 e. The highest BCUT2D eigenvalue weighted by molar-refractivity contribution is 7.90. The molecule has 2 aromatic heterocycles. The normalized spacial score (nSPS) is 11.3. The molecule has 3 rings (SSSR count). The molecule has 0 saturated heterocycles. The van der Waals surface area contributed by atoms with Crippen molar-refractivity contribution in [3.63, 3.8) is 0 Å². The number of hydrogen-bond acceptors (Lipinski definition) is 8. The van der Waals surface area contributed by atoms with Crippen LogP contribution < -0.4 is 10.6 Å². The summed E-state index contributed by atoms with van der Waals surface area (Å²) in [5, 5.41) is 8.86. The van der Waals surface area contributed by atoms with Gasteiger partial charge in [-0.25, -0.2) is 18.4 Å². The molecule has 2 N–H and O–H groups in total. The van der Waals surface area contributed by atoms with E-state index in [1.165, 1.54) is 35.9 Å². The summed E-state index contributed by atoms with van der Waals surface area (Å²) >= 11 is 2.76. The highest BCUT2D eigenvalue weighted by Crippen LogP contribution is 2.35. The van der Waals surface area contributed by atoms with E-state index in [1.807, 2.05) is 12.3 Å². The second-order valence-corrected chi connectivity index (χ2v) is 9.45. The predicted octanol–water partition coefficient (Wildman–Crippen LogP) is 3.68. The van der Waals surface area contributed by atoms with Crippen LogP contribution in [0.4, 0.5) is 16.0 Å². The molecule has 3 aromatic rings. The minimum atomic E-state index is -3.27. The first-order valence-corrected chi connectivity index (χ1v) is 11.1. The van der Waals surface area contributed by atoms with Gasteiger partial charge in [0.2, 0.25) is 5.91 Å². The fourth-order valence-corrected chi connectivity index (χ4v) is 4.64. The summed E-state index contributed by atoms with van der Waals surface area (Å²) < 4.78 is 23.3. The number of benzene rings is 1. The third-order valence-corrected chi connectivity index (χ3v) is 6.29. The average Bonchev–Trinajstić information content (AvgIpc) is 3.12. The smallest absolute Gasteiger partial charge is 0.223 e. The minimum absolute atomic E-state index is 0.170. The number of carbonyl (C=O) groups excluding carboxylic acids is 1. The molecule has 1 aromatic carbocycles. The van der Waals surface area contributed by atoms with Crippen LogP contribution in [-0.4, -0.2) is 30.5 Å². The van der Waals surface area contributed by atoms with Crippen LogP contribution in [0.15, 0.2) is 34.5 Å². The molecule has 0 fully saturated rings. The van der Waals surface area contributed by atoms with E-state index in [2.05, 4.69) is 20.6 Å². The Bertz CT molecular complexity index is 1070. The number of rotatable bonds is 5. The largest absolute Gasteiger partial charge is 0.331 e. The molecule has 0 atom stereocenters. The van der Waals surface area contributed by atoms with E-state index in [0.717, 1.165) is 16.3 Å². The third kappa shape index (κ3) is 4.26. The Morgan fingerprint density at radius 1 is 1.19 bits per heavy atom. The van der Waals surface area contributed by atoms with E-state index in [9.17, 15) is 13.2 Å². The first-order valence-electron chi connectivity index (χ1n) is 7.50. The van der Waals surface area contributed by atoms with E-state index in [0.29, 0.717) is 16.0 Å². The monoisotopic (exact) mass is 408 g/mol. The molecule has 0 unspecified atom stereocenters. The highest BCUT2D eigenvalue weighted by atomic mass is 32.2. The molecule has 7 nitrogen and oxygen atoms in total. The van der Waals surface area contributed by atoms with E-state index in [1.54, 1.807) is 24.3 Å². The van der Waals surface area contributed by atoms with Gasteiger partial charge in [-0.1, -0.05) is 17.4 Å². The molecule has 0 radical (unpaired) electrons. The van der Waals surface area contributed by atoms with E-state index in [4.69, 9.17) is 0 Å². The molecule has 1 amide bonds. The lowest BCUT2D eigenvalue weighted by Crippen LogP contribution is -2.04. The Kier molecular flexibility index (Phi) is 5.08. The van der Waals surface area contributed by atoms with Crippen LogP contribution in [-0.2, 0) is 14.6 Å². The van der Waals surface area contributed by atoms with Gasteiger partial charge in [-0.3, -0.25) is 4.79 Å². The van der Waals surface area contributed by atoms with Crippen LogP contribution in [0.2, 0.25) is 0 Å². The number of aromatic nitrogens is 2. The lowest BCUT2D eigenvalue weighted by atomic mass is 10.3. The van der Waals surface area contributed by atoms with Crippen molar-refractivity contribution in [3.8, 4) is 10.6 Å². The molecule has 2 heterocycles. The number of anilines is 3. The lowest BCUT2D eigenvalue weighted by molar-refractivity contribution is -0.114. The SMILES string of the molecule is CC(=O)Nc1nc(C)c(-c2csc(Nc3cccc(S(C)(=O)=O)c3)n2)s1. The van der Waals surface area contributed by atoms with Crippen molar-refractivity contribution in [2.45, 2.75) is 18.7 Å². The molecule has 0 aliphatic rings. The average molecular weight is 409 g/mol. The van der Waals surface area contributed by atoms with Gasteiger partial charge in [-0.15, -0.1) is 11.3 Å². The van der Waals surface area contributed by atoms with Crippen LogP contribution in [0.1, 0.15) is 12.6 Å². The fraction of sp³-hybridized carbons (Fsp3) is 0.188. The second-order valence-electron chi connectivity index (χ2n) is 5.58. The molecule has 0 aliphatic carbocycles. The van der Waals surface area contributed by atoms with Crippen LogP contribution in [0.5, 0.6) is 0 Å². The molecule has 0 bridgehead atoms. The number of aryl methyl sites for hydroxylation is 1. The van der Waals surface area contributed by atoms with Gasteiger partial charge in [0.05, 0.1) is 21.2 Å². The topological polar surface area (TPSA) is 101 Å². The van der Waals surface area contributed by atoms with Gasteiger partial charge in [0, 0.05) is 24.2 Å². The van der Waals surface area contributed by atoms with Gasteiger partial charge >= 0.3 is 0 Å². The zero-order valence-electron chi connectivity index (χ0n) is 14.2.